The van der Waals surface area contributed by atoms with Crippen molar-refractivity contribution in [3.05, 3.63) is 176 Å². The van der Waals surface area contributed by atoms with Crippen molar-refractivity contribution in [2.24, 2.45) is 0 Å². The summed E-state index contributed by atoms with van der Waals surface area (Å²) in [7, 11) is 0. The largest absolute Gasteiger partial charge is 0.436 e. The summed E-state index contributed by atoms with van der Waals surface area (Å²) in [4.78, 5) is 20.0. The van der Waals surface area contributed by atoms with Gasteiger partial charge in [0.15, 0.2) is 23.1 Å². The summed E-state index contributed by atoms with van der Waals surface area (Å²) in [6.45, 7) is 0. The summed E-state index contributed by atoms with van der Waals surface area (Å²) >= 11 is 0. The molecule has 54 heavy (non-hydrogen) atoms. The third-order valence-electron chi connectivity index (χ3n) is 10.2. The van der Waals surface area contributed by atoms with Crippen LogP contribution in [0, 0.1) is 0 Å². The van der Waals surface area contributed by atoms with Gasteiger partial charge in [-0.15, -0.1) is 0 Å². The van der Waals surface area contributed by atoms with Gasteiger partial charge in [-0.3, -0.25) is 0 Å². The van der Waals surface area contributed by atoms with Gasteiger partial charge in [-0.05, 0) is 58.6 Å². The third kappa shape index (κ3) is 4.89. The SMILES string of the molecule is c1ccc(-c2nc(-c3ccccc3)nc(-c3ccc4c(ccc5ccc6oc(-c7ccc8c9ccccc9n(-c9ccccc9)c8c7)nc6c54)c3)n2)cc1. The Bertz CT molecular complexity index is 3150. The molecule has 3 aromatic heterocycles. The van der Waals surface area contributed by atoms with Crippen LogP contribution in [0.15, 0.2) is 180 Å². The second kappa shape index (κ2) is 12.1. The topological polar surface area (TPSA) is 69.6 Å². The maximum absolute atomic E-state index is 6.54. The first-order valence-electron chi connectivity index (χ1n) is 18.0. The number of aromatic nitrogens is 5. The molecule has 0 aliphatic heterocycles. The molecule has 11 aromatic rings. The summed E-state index contributed by atoms with van der Waals surface area (Å²) in [6, 6.07) is 60.5. The minimum absolute atomic E-state index is 0.588. The average Bonchev–Trinajstić information content (AvgIpc) is 3.84. The van der Waals surface area contributed by atoms with Crippen molar-refractivity contribution in [1.29, 1.82) is 0 Å². The molecular formula is C48H29N5O. The van der Waals surface area contributed by atoms with Gasteiger partial charge >= 0.3 is 0 Å². The van der Waals surface area contributed by atoms with Crippen molar-refractivity contribution in [3.63, 3.8) is 0 Å². The number of rotatable bonds is 5. The molecule has 0 atom stereocenters. The Balaban J connectivity index is 1.06. The highest BCUT2D eigenvalue weighted by Crippen LogP contribution is 2.38. The summed E-state index contributed by atoms with van der Waals surface area (Å²) < 4.78 is 8.85. The van der Waals surface area contributed by atoms with Gasteiger partial charge in [0.2, 0.25) is 5.89 Å². The maximum atomic E-state index is 6.54. The number of hydrogen-bond donors (Lipinski definition) is 0. The molecule has 11 rings (SSSR count). The van der Waals surface area contributed by atoms with E-state index in [1.165, 1.54) is 10.8 Å². The molecule has 0 saturated carbocycles. The Kier molecular flexibility index (Phi) is 6.75. The van der Waals surface area contributed by atoms with Crippen LogP contribution in [0.1, 0.15) is 0 Å². The van der Waals surface area contributed by atoms with Crippen LogP contribution in [-0.2, 0) is 0 Å². The summed E-state index contributed by atoms with van der Waals surface area (Å²) in [5.74, 6) is 2.48. The first-order chi connectivity index (χ1) is 26.7. The van der Waals surface area contributed by atoms with E-state index in [1.54, 1.807) is 0 Å². The van der Waals surface area contributed by atoms with Gasteiger partial charge in [0.05, 0.1) is 11.0 Å². The van der Waals surface area contributed by atoms with E-state index in [0.717, 1.165) is 71.6 Å². The van der Waals surface area contributed by atoms with Crippen LogP contribution < -0.4 is 0 Å². The predicted molar refractivity (Wildman–Crippen MR) is 218 cm³/mol. The van der Waals surface area contributed by atoms with Crippen molar-refractivity contribution in [2.45, 2.75) is 0 Å². The lowest BCUT2D eigenvalue weighted by molar-refractivity contribution is 0.620. The van der Waals surface area contributed by atoms with Crippen molar-refractivity contribution < 1.29 is 4.42 Å². The van der Waals surface area contributed by atoms with Gasteiger partial charge in [-0.25, -0.2) is 19.9 Å². The molecule has 0 N–H and O–H groups in total. The van der Waals surface area contributed by atoms with Crippen LogP contribution in [-0.4, -0.2) is 24.5 Å². The van der Waals surface area contributed by atoms with Crippen LogP contribution >= 0.6 is 0 Å². The number of hydrogen-bond acceptors (Lipinski definition) is 5. The molecule has 3 heterocycles. The minimum Gasteiger partial charge on any atom is -0.436 e. The normalized spacial score (nSPS) is 11.7. The standard InChI is InChI=1S/C48H29N5O/c1-4-12-31(13-5-1)45-50-46(32-14-6-2-7-15-32)52-47(51-45)34-22-25-37-33(28-34)21-20-30-24-27-42-44(43(30)37)49-48(54-42)35-23-26-39-38-18-10-11-19-40(38)53(41(39)29-35)36-16-8-3-9-17-36/h1-29H. The zero-order valence-electron chi connectivity index (χ0n) is 28.9. The summed E-state index contributed by atoms with van der Waals surface area (Å²) in [5, 5.41) is 6.70. The Labute approximate surface area is 309 Å². The molecule has 0 amide bonds. The van der Waals surface area contributed by atoms with E-state index >= 15 is 0 Å². The van der Waals surface area contributed by atoms with Gasteiger partial charge in [-0.1, -0.05) is 133 Å². The third-order valence-corrected chi connectivity index (χ3v) is 10.2. The molecular weight excluding hydrogens is 663 g/mol. The van der Waals surface area contributed by atoms with E-state index in [1.807, 2.05) is 72.8 Å². The van der Waals surface area contributed by atoms with Crippen molar-refractivity contribution in [1.82, 2.24) is 24.5 Å². The Hall–Kier alpha value is -7.44. The molecule has 8 aromatic carbocycles. The second-order valence-corrected chi connectivity index (χ2v) is 13.5. The quantitative estimate of drug-likeness (QED) is 0.168. The summed E-state index contributed by atoms with van der Waals surface area (Å²) in [5.41, 5.74) is 8.67. The fourth-order valence-electron chi connectivity index (χ4n) is 7.70. The van der Waals surface area contributed by atoms with Crippen LogP contribution in [0.4, 0.5) is 0 Å². The lowest BCUT2D eigenvalue weighted by Gasteiger charge is -2.10. The Morgan fingerprint density at radius 2 is 0.963 bits per heavy atom. The lowest BCUT2D eigenvalue weighted by Crippen LogP contribution is -2.00. The predicted octanol–water partition coefficient (Wildman–Crippen LogP) is 12.1. The van der Waals surface area contributed by atoms with Crippen molar-refractivity contribution in [3.8, 4) is 51.3 Å². The van der Waals surface area contributed by atoms with Crippen LogP contribution in [0.3, 0.4) is 0 Å². The molecule has 0 aliphatic rings. The molecule has 0 spiro atoms. The zero-order chi connectivity index (χ0) is 35.6. The fraction of sp³-hybridized carbons (Fsp3) is 0. The van der Waals surface area contributed by atoms with E-state index in [2.05, 4.69) is 108 Å². The molecule has 0 aliphatic carbocycles. The van der Waals surface area contributed by atoms with Gasteiger partial charge in [0.25, 0.3) is 0 Å². The first-order valence-corrected chi connectivity index (χ1v) is 18.0. The lowest BCUT2D eigenvalue weighted by atomic mass is 9.99. The van der Waals surface area contributed by atoms with Crippen LogP contribution in [0.2, 0.25) is 0 Å². The fourth-order valence-corrected chi connectivity index (χ4v) is 7.70. The second-order valence-electron chi connectivity index (χ2n) is 13.5. The number of oxazole rings is 1. The van der Waals surface area contributed by atoms with E-state index in [-0.39, 0.29) is 0 Å². The zero-order valence-corrected chi connectivity index (χ0v) is 28.9. The Morgan fingerprint density at radius 3 is 1.70 bits per heavy atom. The van der Waals surface area contributed by atoms with Crippen LogP contribution in [0.5, 0.6) is 0 Å². The molecule has 0 unspecified atom stereocenters. The first kappa shape index (κ1) is 30.2. The smallest absolute Gasteiger partial charge is 0.227 e. The molecule has 0 fully saturated rings. The van der Waals surface area contributed by atoms with E-state index < -0.39 is 0 Å². The molecule has 6 heteroatoms. The van der Waals surface area contributed by atoms with E-state index in [4.69, 9.17) is 24.4 Å². The number of benzene rings is 8. The molecule has 0 bridgehead atoms. The monoisotopic (exact) mass is 691 g/mol. The molecule has 252 valence electrons. The van der Waals surface area contributed by atoms with Gasteiger partial charge < -0.3 is 8.98 Å². The van der Waals surface area contributed by atoms with Gasteiger partial charge in [0, 0.05) is 44.1 Å². The molecule has 0 radical (unpaired) electrons. The molecule has 0 saturated heterocycles. The molecule has 6 nitrogen and oxygen atoms in total. The Morgan fingerprint density at radius 1 is 0.389 bits per heavy atom. The van der Waals surface area contributed by atoms with E-state index in [0.29, 0.717) is 23.4 Å². The number of fused-ring (bicyclic) bond motifs is 8. The van der Waals surface area contributed by atoms with Crippen molar-refractivity contribution >= 4 is 54.5 Å². The minimum atomic E-state index is 0.588. The summed E-state index contributed by atoms with van der Waals surface area (Å²) in [6.07, 6.45) is 0. The maximum Gasteiger partial charge on any atom is 0.227 e. The highest BCUT2D eigenvalue weighted by molar-refractivity contribution is 6.19. The van der Waals surface area contributed by atoms with E-state index in [9.17, 15) is 0 Å². The van der Waals surface area contributed by atoms with Crippen LogP contribution in [0.25, 0.3) is 106 Å². The van der Waals surface area contributed by atoms with Crippen molar-refractivity contribution in [2.75, 3.05) is 0 Å². The number of para-hydroxylation sites is 2. The average molecular weight is 692 g/mol. The highest BCUT2D eigenvalue weighted by Gasteiger charge is 2.18. The van der Waals surface area contributed by atoms with Gasteiger partial charge in [-0.2, -0.15) is 0 Å². The number of nitrogens with zero attached hydrogens (tertiary/aromatic N) is 5. The highest BCUT2D eigenvalue weighted by atomic mass is 16.3. The van der Waals surface area contributed by atoms with Gasteiger partial charge in [0.1, 0.15) is 5.52 Å².